The zero-order valence-corrected chi connectivity index (χ0v) is 25.5. The maximum absolute atomic E-state index is 12.7. The third-order valence-corrected chi connectivity index (χ3v) is 6.40. The zero-order chi connectivity index (χ0) is 33.1. The monoisotopic (exact) mass is 643 g/mol. The van der Waals surface area contributed by atoms with Crippen molar-refractivity contribution in [2.24, 2.45) is 5.73 Å². The van der Waals surface area contributed by atoms with Crippen LogP contribution in [0.1, 0.15) is 41.7 Å². The van der Waals surface area contributed by atoms with Crippen molar-refractivity contribution in [3.8, 4) is 0 Å². The number of carbonyl (C=O) groups is 3. The number of fused-ring (bicyclic) bond motifs is 1. The molecule has 1 atom stereocenters. The Morgan fingerprint density at radius 2 is 1.63 bits per heavy atom. The van der Waals surface area contributed by atoms with E-state index in [1.54, 1.807) is 12.1 Å². The molecule has 2 heterocycles. The van der Waals surface area contributed by atoms with Crippen LogP contribution in [0.2, 0.25) is 0 Å². The fraction of sp³-hybridized carbons (Fsp3) is 0.483. The van der Waals surface area contributed by atoms with Crippen LogP contribution in [0.25, 0.3) is 11.2 Å². The molecule has 0 saturated carbocycles. The van der Waals surface area contributed by atoms with Crippen molar-refractivity contribution in [3.05, 3.63) is 52.1 Å². The van der Waals surface area contributed by atoms with Crippen LogP contribution in [-0.2, 0) is 30.3 Å². The number of aliphatic carboxylic acids is 1. The van der Waals surface area contributed by atoms with E-state index >= 15 is 0 Å². The molecule has 0 aliphatic heterocycles. The van der Waals surface area contributed by atoms with Gasteiger partial charge >= 0.3 is 5.97 Å². The molecular weight excluding hydrogens is 602 g/mol. The smallest absolute Gasteiger partial charge is 0.326 e. The van der Waals surface area contributed by atoms with Crippen molar-refractivity contribution in [2.45, 2.75) is 38.3 Å². The Bertz CT molecular complexity index is 1470. The highest BCUT2D eigenvalue weighted by Crippen LogP contribution is 2.12. The summed E-state index contributed by atoms with van der Waals surface area (Å²) in [5.41, 5.74) is 12.1. The van der Waals surface area contributed by atoms with Gasteiger partial charge in [0.15, 0.2) is 11.2 Å². The van der Waals surface area contributed by atoms with Gasteiger partial charge in [-0.2, -0.15) is 4.98 Å². The normalized spacial score (nSPS) is 11.7. The molecule has 1 aromatic carbocycles. The Morgan fingerprint density at radius 3 is 2.30 bits per heavy atom. The van der Waals surface area contributed by atoms with Crippen LogP contribution >= 0.6 is 0 Å². The Labute approximate surface area is 264 Å². The van der Waals surface area contributed by atoms with E-state index in [2.05, 4.69) is 35.9 Å². The number of carboxylic acids is 1. The van der Waals surface area contributed by atoms with Gasteiger partial charge in [-0.3, -0.25) is 19.4 Å². The van der Waals surface area contributed by atoms with Crippen molar-refractivity contribution < 1.29 is 33.7 Å². The minimum absolute atomic E-state index is 0.0635. The number of nitrogens with zero attached hydrogens (tertiary/aromatic N) is 3. The summed E-state index contributed by atoms with van der Waals surface area (Å²) in [4.78, 5) is 63.2. The lowest BCUT2D eigenvalue weighted by atomic mass is 10.1. The second kappa shape index (κ2) is 19.6. The minimum atomic E-state index is -1.24. The summed E-state index contributed by atoms with van der Waals surface area (Å²) in [5.74, 6) is -2.22. The molecule has 2 aromatic heterocycles. The Kier molecular flexibility index (Phi) is 15.3. The molecule has 0 radical (unpaired) electrons. The summed E-state index contributed by atoms with van der Waals surface area (Å²) < 4.78 is 16.2. The first kappa shape index (κ1) is 35.8. The van der Waals surface area contributed by atoms with Crippen LogP contribution in [0, 0.1) is 0 Å². The van der Waals surface area contributed by atoms with E-state index in [0.29, 0.717) is 70.5 Å². The number of carbonyl (C=O) groups excluding carboxylic acids is 2. The average Bonchev–Trinajstić information content (AvgIpc) is 3.04. The van der Waals surface area contributed by atoms with E-state index in [1.165, 1.54) is 18.3 Å². The number of ether oxygens (including phenoxy) is 3. The molecule has 46 heavy (non-hydrogen) atoms. The maximum atomic E-state index is 12.7. The molecule has 17 heteroatoms. The number of rotatable bonds is 22. The SMILES string of the molecule is NCCCOCCOCCOCCCNC(=O)CCC(NC(=O)c1ccc(NCc2cnc3c(=O)[nH]c(N)nc3n2)cc1)C(=O)O. The number of benzene rings is 1. The highest BCUT2D eigenvalue weighted by Gasteiger charge is 2.21. The Balaban J connectivity index is 1.31. The molecule has 0 bridgehead atoms. The molecule has 9 N–H and O–H groups in total. The second-order valence-electron chi connectivity index (χ2n) is 10.0. The zero-order valence-electron chi connectivity index (χ0n) is 25.5. The molecule has 0 spiro atoms. The molecule has 3 aromatic rings. The van der Waals surface area contributed by atoms with E-state index in [-0.39, 0.29) is 48.0 Å². The summed E-state index contributed by atoms with van der Waals surface area (Å²) in [6, 6.07) is 5.11. The van der Waals surface area contributed by atoms with Gasteiger partial charge in [0.1, 0.15) is 6.04 Å². The number of H-pyrrole nitrogens is 1. The third kappa shape index (κ3) is 12.7. The summed E-state index contributed by atoms with van der Waals surface area (Å²) in [6.45, 7) is 4.14. The van der Waals surface area contributed by atoms with Crippen molar-refractivity contribution in [3.63, 3.8) is 0 Å². The van der Waals surface area contributed by atoms with Crippen LogP contribution in [0.3, 0.4) is 0 Å². The fourth-order valence-electron chi connectivity index (χ4n) is 3.98. The summed E-state index contributed by atoms with van der Waals surface area (Å²) in [7, 11) is 0. The van der Waals surface area contributed by atoms with Crippen LogP contribution < -0.4 is 33.0 Å². The quantitative estimate of drug-likeness (QED) is 0.0698. The number of nitrogen functional groups attached to an aromatic ring is 1. The van der Waals surface area contributed by atoms with Gasteiger partial charge in [0.05, 0.1) is 44.9 Å². The Hall–Kier alpha value is -4.71. The number of carboxylic acid groups (broad SMARTS) is 1. The molecule has 3 rings (SSSR count). The molecule has 0 aliphatic carbocycles. The van der Waals surface area contributed by atoms with Crippen LogP contribution in [0.15, 0.2) is 35.3 Å². The number of nitrogens with two attached hydrogens (primary N) is 2. The molecular formula is C29H41N9O8. The van der Waals surface area contributed by atoms with Crippen molar-refractivity contribution >= 4 is 40.6 Å². The first-order valence-corrected chi connectivity index (χ1v) is 14.9. The van der Waals surface area contributed by atoms with E-state index in [4.69, 9.17) is 25.7 Å². The Morgan fingerprint density at radius 1 is 0.957 bits per heavy atom. The van der Waals surface area contributed by atoms with Crippen molar-refractivity contribution in [1.82, 2.24) is 30.6 Å². The van der Waals surface area contributed by atoms with Gasteiger partial charge < -0.3 is 46.7 Å². The van der Waals surface area contributed by atoms with E-state index in [1.807, 2.05) is 0 Å². The predicted molar refractivity (Wildman–Crippen MR) is 168 cm³/mol. The molecule has 1 unspecified atom stereocenters. The van der Waals surface area contributed by atoms with Gasteiger partial charge in [-0.1, -0.05) is 0 Å². The van der Waals surface area contributed by atoms with Gasteiger partial charge in [0.25, 0.3) is 11.5 Å². The van der Waals surface area contributed by atoms with Gasteiger partial charge in [-0.05, 0) is 50.1 Å². The second-order valence-corrected chi connectivity index (χ2v) is 10.0. The number of aromatic amines is 1. The number of hydrogen-bond donors (Lipinski definition) is 7. The summed E-state index contributed by atoms with van der Waals surface area (Å²) in [6.07, 6.45) is 2.70. The van der Waals surface area contributed by atoms with E-state index < -0.39 is 23.5 Å². The van der Waals surface area contributed by atoms with Gasteiger partial charge in [0, 0.05) is 37.4 Å². The molecule has 2 amide bonds. The number of aromatic nitrogens is 4. The van der Waals surface area contributed by atoms with Gasteiger partial charge in [-0.15, -0.1) is 0 Å². The van der Waals surface area contributed by atoms with Crippen molar-refractivity contribution in [2.75, 3.05) is 63.8 Å². The maximum Gasteiger partial charge on any atom is 0.326 e. The summed E-state index contributed by atoms with van der Waals surface area (Å²) in [5, 5.41) is 17.9. The van der Waals surface area contributed by atoms with Gasteiger partial charge in [0.2, 0.25) is 11.9 Å². The topological polar surface area (TPSA) is 259 Å². The largest absolute Gasteiger partial charge is 0.480 e. The first-order valence-electron chi connectivity index (χ1n) is 14.9. The lowest BCUT2D eigenvalue weighted by molar-refractivity contribution is -0.139. The first-order chi connectivity index (χ1) is 22.3. The third-order valence-electron chi connectivity index (χ3n) is 6.40. The van der Waals surface area contributed by atoms with Crippen molar-refractivity contribution in [1.29, 1.82) is 0 Å². The average molecular weight is 644 g/mol. The lowest BCUT2D eigenvalue weighted by Crippen LogP contribution is -2.41. The van der Waals surface area contributed by atoms with Crippen LogP contribution in [0.4, 0.5) is 11.6 Å². The minimum Gasteiger partial charge on any atom is -0.480 e. The highest BCUT2D eigenvalue weighted by atomic mass is 16.5. The number of hydrogen-bond acceptors (Lipinski definition) is 13. The van der Waals surface area contributed by atoms with Crippen LogP contribution in [-0.4, -0.2) is 102 Å². The number of nitrogens with one attached hydrogen (secondary N) is 4. The highest BCUT2D eigenvalue weighted by molar-refractivity contribution is 5.97. The number of amides is 2. The molecule has 17 nitrogen and oxygen atoms in total. The van der Waals surface area contributed by atoms with Crippen LogP contribution in [0.5, 0.6) is 0 Å². The summed E-state index contributed by atoms with van der Waals surface area (Å²) >= 11 is 0. The molecule has 0 fully saturated rings. The van der Waals surface area contributed by atoms with E-state index in [0.717, 1.165) is 6.42 Å². The van der Waals surface area contributed by atoms with Gasteiger partial charge in [-0.25, -0.2) is 14.8 Å². The lowest BCUT2D eigenvalue weighted by Gasteiger charge is -2.15. The number of anilines is 2. The fourth-order valence-corrected chi connectivity index (χ4v) is 3.98. The molecule has 0 saturated heterocycles. The molecule has 0 aliphatic rings. The predicted octanol–water partition coefficient (Wildman–Crippen LogP) is -0.224. The van der Waals surface area contributed by atoms with E-state index in [9.17, 15) is 24.3 Å². The standard InChI is InChI=1S/C29H41N9O8/c30-9-1-11-44-13-15-46-16-14-45-12-2-10-32-23(39)8-7-22(28(42)43)36-26(40)19-3-5-20(6-4-19)33-17-21-18-34-24-25(35-21)37-29(31)38-27(24)41/h3-6,18,22,33H,1-2,7-17,30H2,(H,32,39)(H,36,40)(H,42,43)(H3,31,35,37,38,41). The molecule has 250 valence electrons.